The zero-order chi connectivity index (χ0) is 38.5. The van der Waals surface area contributed by atoms with Gasteiger partial charge in [0.15, 0.2) is 5.58 Å². The third kappa shape index (κ3) is 4.74. The van der Waals surface area contributed by atoms with E-state index in [9.17, 15) is 0 Å². The molecule has 9 aromatic carbocycles. The summed E-state index contributed by atoms with van der Waals surface area (Å²) in [4.78, 5) is 2.39. The number of para-hydroxylation sites is 3. The van der Waals surface area contributed by atoms with Crippen molar-refractivity contribution in [2.24, 2.45) is 0 Å². The summed E-state index contributed by atoms with van der Waals surface area (Å²) in [7, 11) is 0. The number of rotatable bonds is 5. The van der Waals surface area contributed by atoms with Crippen LogP contribution < -0.4 is 4.90 Å². The van der Waals surface area contributed by atoms with Crippen molar-refractivity contribution in [1.29, 1.82) is 0 Å². The maximum Gasteiger partial charge on any atom is 0.160 e. The maximum absolute atomic E-state index is 6.84. The monoisotopic (exact) mass is 742 g/mol. The van der Waals surface area contributed by atoms with E-state index in [1.165, 1.54) is 60.4 Å². The molecule has 0 spiro atoms. The Kier molecular flexibility index (Phi) is 6.98. The van der Waals surface area contributed by atoms with E-state index in [0.29, 0.717) is 0 Å². The molecular formula is C55H38N2O. The maximum atomic E-state index is 6.84. The summed E-state index contributed by atoms with van der Waals surface area (Å²) in [6.45, 7) is 4.68. The van der Waals surface area contributed by atoms with Crippen LogP contribution in [0.2, 0.25) is 0 Å². The van der Waals surface area contributed by atoms with Crippen LogP contribution in [0, 0.1) is 0 Å². The first-order chi connectivity index (χ1) is 28.5. The largest absolute Gasteiger partial charge is 0.454 e. The topological polar surface area (TPSA) is 21.3 Å². The highest BCUT2D eigenvalue weighted by Crippen LogP contribution is 2.52. The Balaban J connectivity index is 1.01. The number of nitrogens with zero attached hydrogens (tertiary/aromatic N) is 2. The minimum atomic E-state index is -0.0804. The SMILES string of the molecule is CC1(C)c2ccccc2-c2cc(N(c3ccc(-c4ccc(-n5c6ccccc6c6ccccc65)cc4)cc3)c3cc4ccccc4c4c3oc3ccccc34)ccc21. The molecule has 0 radical (unpaired) electrons. The second-order valence-electron chi connectivity index (χ2n) is 16.1. The molecule has 2 heterocycles. The van der Waals surface area contributed by atoms with Crippen molar-refractivity contribution in [3.05, 3.63) is 205 Å². The van der Waals surface area contributed by atoms with E-state index in [2.05, 4.69) is 217 Å². The Hall–Kier alpha value is -7.36. The van der Waals surface area contributed by atoms with Gasteiger partial charge in [0.1, 0.15) is 5.58 Å². The molecule has 1 aliphatic carbocycles. The predicted molar refractivity (Wildman–Crippen MR) is 243 cm³/mol. The Bertz CT molecular complexity index is 3370. The Labute approximate surface area is 336 Å². The molecule has 0 amide bonds. The van der Waals surface area contributed by atoms with E-state index < -0.39 is 0 Å². The van der Waals surface area contributed by atoms with E-state index in [1.54, 1.807) is 0 Å². The molecule has 274 valence electrons. The molecule has 0 saturated heterocycles. The molecule has 0 unspecified atom stereocenters. The fraction of sp³-hybridized carbons (Fsp3) is 0.0545. The normalized spacial score (nSPS) is 13.1. The summed E-state index contributed by atoms with van der Waals surface area (Å²) < 4.78 is 9.21. The lowest BCUT2D eigenvalue weighted by molar-refractivity contribution is 0.660. The smallest absolute Gasteiger partial charge is 0.160 e. The van der Waals surface area contributed by atoms with Gasteiger partial charge in [-0.2, -0.15) is 0 Å². The summed E-state index contributed by atoms with van der Waals surface area (Å²) in [6, 6.07) is 70.6. The van der Waals surface area contributed by atoms with Crippen molar-refractivity contribution in [1.82, 2.24) is 4.57 Å². The molecule has 0 aliphatic heterocycles. The lowest BCUT2D eigenvalue weighted by Crippen LogP contribution is -2.15. The molecule has 0 N–H and O–H groups in total. The van der Waals surface area contributed by atoms with Crippen LogP contribution in [-0.2, 0) is 5.41 Å². The summed E-state index contributed by atoms with van der Waals surface area (Å²) >= 11 is 0. The first-order valence-corrected chi connectivity index (χ1v) is 20.1. The van der Waals surface area contributed by atoms with Crippen LogP contribution in [-0.4, -0.2) is 4.57 Å². The third-order valence-electron chi connectivity index (χ3n) is 12.6. The standard InChI is InChI=1S/C55H38N2O/c1-55(2)47-19-9-5-15-42(47)46-34-40(31-32-48(46)55)56(51-33-37-13-3-4-14-41(37)53-45-18-8-12-22-52(45)58-54(51)53)38-27-23-35(24-28-38)36-25-29-39(30-26-36)57-49-20-10-6-16-43(49)44-17-7-11-21-50(44)57/h3-34H,1-2H3. The summed E-state index contributed by atoms with van der Waals surface area (Å²) in [5, 5.41) is 7.17. The lowest BCUT2D eigenvalue weighted by atomic mass is 9.82. The summed E-state index contributed by atoms with van der Waals surface area (Å²) in [5.74, 6) is 0. The van der Waals surface area contributed by atoms with Gasteiger partial charge in [0.05, 0.1) is 16.7 Å². The number of furan rings is 1. The highest BCUT2D eigenvalue weighted by molar-refractivity contribution is 6.23. The predicted octanol–water partition coefficient (Wildman–Crippen LogP) is 15.3. The van der Waals surface area contributed by atoms with E-state index in [0.717, 1.165) is 50.3 Å². The quantitative estimate of drug-likeness (QED) is 0.175. The van der Waals surface area contributed by atoms with Crippen molar-refractivity contribution >= 4 is 71.6 Å². The highest BCUT2D eigenvalue weighted by atomic mass is 16.3. The van der Waals surface area contributed by atoms with Gasteiger partial charge in [0.2, 0.25) is 0 Å². The van der Waals surface area contributed by atoms with Crippen molar-refractivity contribution in [2.75, 3.05) is 4.90 Å². The molecule has 0 saturated carbocycles. The van der Waals surface area contributed by atoms with Gasteiger partial charge in [-0.05, 0) is 105 Å². The van der Waals surface area contributed by atoms with Crippen LogP contribution in [0.3, 0.4) is 0 Å². The van der Waals surface area contributed by atoms with Gasteiger partial charge in [-0.3, -0.25) is 0 Å². The number of aromatic nitrogens is 1. The highest BCUT2D eigenvalue weighted by Gasteiger charge is 2.36. The second-order valence-corrected chi connectivity index (χ2v) is 16.1. The number of hydrogen-bond donors (Lipinski definition) is 0. The molecule has 1 aliphatic rings. The van der Waals surface area contributed by atoms with Gasteiger partial charge >= 0.3 is 0 Å². The molecule has 3 nitrogen and oxygen atoms in total. The molecule has 0 atom stereocenters. The molecular weight excluding hydrogens is 705 g/mol. The van der Waals surface area contributed by atoms with Crippen LogP contribution in [0.25, 0.3) is 82.5 Å². The average Bonchev–Trinajstić information content (AvgIpc) is 3.90. The third-order valence-corrected chi connectivity index (χ3v) is 12.6. The Morgan fingerprint density at radius 2 is 1.03 bits per heavy atom. The Morgan fingerprint density at radius 3 is 1.78 bits per heavy atom. The molecule has 0 fully saturated rings. The van der Waals surface area contributed by atoms with Crippen LogP contribution in [0.5, 0.6) is 0 Å². The lowest BCUT2D eigenvalue weighted by Gasteiger charge is -2.28. The average molecular weight is 743 g/mol. The van der Waals surface area contributed by atoms with Crippen molar-refractivity contribution in [2.45, 2.75) is 19.3 Å². The number of fused-ring (bicyclic) bond motifs is 11. The first-order valence-electron chi connectivity index (χ1n) is 20.1. The first kappa shape index (κ1) is 32.8. The van der Waals surface area contributed by atoms with E-state index in [-0.39, 0.29) is 5.41 Å². The van der Waals surface area contributed by atoms with Gasteiger partial charge in [0.25, 0.3) is 0 Å². The van der Waals surface area contributed by atoms with Gasteiger partial charge in [-0.15, -0.1) is 0 Å². The molecule has 2 aromatic heterocycles. The van der Waals surface area contributed by atoms with Gasteiger partial charge < -0.3 is 13.9 Å². The van der Waals surface area contributed by atoms with E-state index in [1.807, 2.05) is 0 Å². The number of benzene rings is 9. The summed E-state index contributed by atoms with van der Waals surface area (Å²) in [6.07, 6.45) is 0. The van der Waals surface area contributed by atoms with Crippen molar-refractivity contribution in [3.63, 3.8) is 0 Å². The van der Waals surface area contributed by atoms with Crippen LogP contribution in [0.15, 0.2) is 199 Å². The fourth-order valence-corrected chi connectivity index (χ4v) is 9.80. The number of hydrogen-bond acceptors (Lipinski definition) is 2. The Morgan fingerprint density at radius 1 is 0.466 bits per heavy atom. The van der Waals surface area contributed by atoms with Gasteiger partial charge in [-0.1, -0.05) is 147 Å². The van der Waals surface area contributed by atoms with Crippen LogP contribution in [0.1, 0.15) is 25.0 Å². The summed E-state index contributed by atoms with van der Waals surface area (Å²) in [5.41, 5.74) is 16.1. The van der Waals surface area contributed by atoms with Crippen LogP contribution in [0.4, 0.5) is 17.1 Å². The molecule has 12 rings (SSSR count). The van der Waals surface area contributed by atoms with E-state index >= 15 is 0 Å². The molecule has 58 heavy (non-hydrogen) atoms. The zero-order valence-electron chi connectivity index (χ0n) is 32.3. The minimum Gasteiger partial charge on any atom is -0.454 e. The van der Waals surface area contributed by atoms with Crippen molar-refractivity contribution < 1.29 is 4.42 Å². The molecule has 11 aromatic rings. The van der Waals surface area contributed by atoms with Crippen molar-refractivity contribution in [3.8, 4) is 27.9 Å². The number of anilines is 3. The van der Waals surface area contributed by atoms with Gasteiger partial charge in [0, 0.05) is 44.0 Å². The molecule has 3 heteroatoms. The second kappa shape index (κ2) is 12.3. The fourth-order valence-electron chi connectivity index (χ4n) is 9.80. The van der Waals surface area contributed by atoms with Crippen LogP contribution >= 0.6 is 0 Å². The minimum absolute atomic E-state index is 0.0804. The zero-order valence-corrected chi connectivity index (χ0v) is 32.3. The van der Waals surface area contributed by atoms with E-state index in [4.69, 9.17) is 4.42 Å². The molecule has 0 bridgehead atoms. The van der Waals surface area contributed by atoms with Gasteiger partial charge in [-0.25, -0.2) is 0 Å².